The second-order valence-corrected chi connectivity index (χ2v) is 15.8. The van der Waals surface area contributed by atoms with Crippen LogP contribution < -0.4 is 9.80 Å². The predicted octanol–water partition coefficient (Wildman–Crippen LogP) is 17.2. The highest BCUT2D eigenvalue weighted by Crippen LogP contribution is 2.42. The quantitative estimate of drug-likeness (QED) is 0.137. The van der Waals surface area contributed by atoms with Gasteiger partial charge in [0.1, 0.15) is 11.2 Å². The molecule has 1 aromatic heterocycles. The molecule has 0 bridgehead atoms. The second kappa shape index (κ2) is 16.6. The molecule has 0 N–H and O–H groups in total. The number of hydrogen-bond acceptors (Lipinski definition) is 3. The monoisotopic (exact) mass is 806 g/mol. The Morgan fingerprint density at radius 3 is 1.00 bits per heavy atom. The molecule has 0 unspecified atom stereocenters. The van der Waals surface area contributed by atoms with Crippen LogP contribution in [0.1, 0.15) is 0 Å². The van der Waals surface area contributed by atoms with Gasteiger partial charge in [0.05, 0.1) is 0 Å². The Balaban J connectivity index is 0.958. The third-order valence-electron chi connectivity index (χ3n) is 11.9. The fourth-order valence-corrected chi connectivity index (χ4v) is 8.68. The predicted molar refractivity (Wildman–Crippen MR) is 265 cm³/mol. The maximum Gasteiger partial charge on any atom is 0.137 e. The molecule has 298 valence electrons. The molecule has 0 fully saturated rings. The van der Waals surface area contributed by atoms with E-state index >= 15 is 0 Å². The van der Waals surface area contributed by atoms with Crippen molar-refractivity contribution in [2.24, 2.45) is 0 Å². The van der Waals surface area contributed by atoms with Crippen LogP contribution in [-0.2, 0) is 0 Å². The number of rotatable bonds is 10. The molecule has 11 rings (SSSR count). The molecule has 0 atom stereocenters. The lowest BCUT2D eigenvalue weighted by atomic mass is 10.0. The van der Waals surface area contributed by atoms with E-state index in [0.29, 0.717) is 0 Å². The summed E-state index contributed by atoms with van der Waals surface area (Å²) >= 11 is 0. The van der Waals surface area contributed by atoms with Gasteiger partial charge in [0.2, 0.25) is 0 Å². The van der Waals surface area contributed by atoms with E-state index in [1.807, 2.05) is 12.1 Å². The first kappa shape index (κ1) is 37.6. The molecule has 3 nitrogen and oxygen atoms in total. The van der Waals surface area contributed by atoms with Gasteiger partial charge in [-0.15, -0.1) is 0 Å². The molecular weight excluding hydrogens is 765 g/mol. The second-order valence-electron chi connectivity index (χ2n) is 15.8. The molecular formula is C60H42N2O. The van der Waals surface area contributed by atoms with Crippen molar-refractivity contribution in [3.8, 4) is 44.5 Å². The van der Waals surface area contributed by atoms with Crippen molar-refractivity contribution in [1.82, 2.24) is 0 Å². The molecule has 0 spiro atoms. The van der Waals surface area contributed by atoms with E-state index in [1.165, 1.54) is 33.4 Å². The number of anilines is 6. The molecule has 0 amide bonds. The van der Waals surface area contributed by atoms with Crippen LogP contribution in [0.3, 0.4) is 0 Å². The first-order chi connectivity index (χ1) is 31.2. The van der Waals surface area contributed by atoms with Gasteiger partial charge >= 0.3 is 0 Å². The number of hydrogen-bond donors (Lipinski definition) is 0. The Labute approximate surface area is 368 Å². The van der Waals surface area contributed by atoms with Crippen molar-refractivity contribution < 1.29 is 4.42 Å². The van der Waals surface area contributed by atoms with E-state index in [1.54, 1.807) is 0 Å². The summed E-state index contributed by atoms with van der Waals surface area (Å²) in [6.45, 7) is 0. The fourth-order valence-electron chi connectivity index (χ4n) is 8.68. The summed E-state index contributed by atoms with van der Waals surface area (Å²) in [5.41, 5.74) is 17.6. The maximum absolute atomic E-state index is 6.38. The maximum atomic E-state index is 6.38. The number of nitrogens with zero attached hydrogens (tertiary/aromatic N) is 2. The van der Waals surface area contributed by atoms with Crippen LogP contribution in [0.15, 0.2) is 259 Å². The summed E-state index contributed by atoms with van der Waals surface area (Å²) in [6, 6.07) is 90.7. The Kier molecular flexibility index (Phi) is 9.89. The molecule has 0 aliphatic carbocycles. The van der Waals surface area contributed by atoms with E-state index < -0.39 is 0 Å². The van der Waals surface area contributed by atoms with Gasteiger partial charge in [0.15, 0.2) is 0 Å². The summed E-state index contributed by atoms with van der Waals surface area (Å²) in [5, 5.41) is 2.23. The lowest BCUT2D eigenvalue weighted by molar-refractivity contribution is 0.669. The summed E-state index contributed by atoms with van der Waals surface area (Å²) in [6.07, 6.45) is 0. The highest BCUT2D eigenvalue weighted by Gasteiger charge is 2.18. The Bertz CT molecular complexity index is 3200. The normalized spacial score (nSPS) is 11.2. The molecule has 0 aliphatic heterocycles. The van der Waals surface area contributed by atoms with Crippen LogP contribution in [0.25, 0.3) is 66.4 Å². The van der Waals surface area contributed by atoms with Gasteiger partial charge in [0, 0.05) is 51.0 Å². The van der Waals surface area contributed by atoms with E-state index in [0.717, 1.165) is 67.2 Å². The van der Waals surface area contributed by atoms with Gasteiger partial charge < -0.3 is 14.2 Å². The third-order valence-corrected chi connectivity index (χ3v) is 11.9. The summed E-state index contributed by atoms with van der Waals surface area (Å²) in [5.74, 6) is 0. The van der Waals surface area contributed by atoms with Crippen LogP contribution in [0.5, 0.6) is 0 Å². The van der Waals surface area contributed by atoms with E-state index in [9.17, 15) is 0 Å². The van der Waals surface area contributed by atoms with Crippen LogP contribution in [0.4, 0.5) is 34.1 Å². The average molecular weight is 807 g/mol. The van der Waals surface area contributed by atoms with Gasteiger partial charge in [0.25, 0.3) is 0 Å². The minimum atomic E-state index is 0.863. The van der Waals surface area contributed by atoms with Crippen molar-refractivity contribution in [3.63, 3.8) is 0 Å². The van der Waals surface area contributed by atoms with E-state index in [-0.39, 0.29) is 0 Å². The Morgan fingerprint density at radius 2 is 0.540 bits per heavy atom. The third kappa shape index (κ3) is 7.54. The Morgan fingerprint density at radius 1 is 0.206 bits per heavy atom. The van der Waals surface area contributed by atoms with Crippen molar-refractivity contribution in [2.45, 2.75) is 0 Å². The summed E-state index contributed by atoms with van der Waals surface area (Å²) in [7, 11) is 0. The largest absolute Gasteiger partial charge is 0.456 e. The minimum Gasteiger partial charge on any atom is -0.456 e. The number of fused-ring (bicyclic) bond motifs is 3. The van der Waals surface area contributed by atoms with Gasteiger partial charge in [-0.05, 0) is 123 Å². The number of furan rings is 1. The number of para-hydroxylation sites is 1. The number of benzene rings is 10. The zero-order chi connectivity index (χ0) is 42.0. The van der Waals surface area contributed by atoms with Crippen molar-refractivity contribution >= 4 is 56.1 Å². The zero-order valence-electron chi connectivity index (χ0n) is 34.6. The SMILES string of the molecule is c1ccc(-c2ccc(N(c3ccc(-c4ccccc4)cc3)c3cccc(-c4ccc(N(c5ccc(-c6ccccc6)cc5)c5ccc6c(c5)oc5ccccc56)cc4)c3)cc2)cc1. The standard InChI is InChI=1S/C60H42N2O/c1-4-13-43(14-5-1)46-23-31-51(32-24-46)61(52-33-25-47(26-34-52)44-15-6-2-7-16-44)55-20-12-19-50(41-55)49-29-37-54(38-30-49)62(53-35-27-48(28-36-53)45-17-8-3-9-18-45)56-39-40-58-57-21-10-11-22-59(57)63-60(58)42-56/h1-42H. The minimum absolute atomic E-state index is 0.863. The van der Waals surface area contributed by atoms with Crippen molar-refractivity contribution in [2.75, 3.05) is 9.80 Å². The smallest absolute Gasteiger partial charge is 0.137 e. The zero-order valence-corrected chi connectivity index (χ0v) is 34.6. The Hall–Kier alpha value is -8.40. The topological polar surface area (TPSA) is 19.6 Å². The molecule has 0 radical (unpaired) electrons. The molecule has 0 aliphatic rings. The highest BCUT2D eigenvalue weighted by atomic mass is 16.3. The lowest BCUT2D eigenvalue weighted by Crippen LogP contribution is -2.10. The van der Waals surface area contributed by atoms with Crippen LogP contribution in [0.2, 0.25) is 0 Å². The lowest BCUT2D eigenvalue weighted by Gasteiger charge is -2.27. The highest BCUT2D eigenvalue weighted by molar-refractivity contribution is 6.06. The molecule has 63 heavy (non-hydrogen) atoms. The first-order valence-electron chi connectivity index (χ1n) is 21.4. The van der Waals surface area contributed by atoms with Gasteiger partial charge in [-0.3, -0.25) is 0 Å². The van der Waals surface area contributed by atoms with Crippen molar-refractivity contribution in [1.29, 1.82) is 0 Å². The fraction of sp³-hybridized carbons (Fsp3) is 0. The van der Waals surface area contributed by atoms with E-state index in [4.69, 9.17) is 4.42 Å². The van der Waals surface area contributed by atoms with E-state index in [2.05, 4.69) is 252 Å². The van der Waals surface area contributed by atoms with Gasteiger partial charge in [-0.1, -0.05) is 170 Å². The molecule has 0 saturated heterocycles. The van der Waals surface area contributed by atoms with Gasteiger partial charge in [-0.25, -0.2) is 0 Å². The summed E-state index contributed by atoms with van der Waals surface area (Å²) < 4.78 is 6.38. The molecule has 3 heteroatoms. The molecule has 10 aromatic carbocycles. The summed E-state index contributed by atoms with van der Waals surface area (Å²) in [4.78, 5) is 4.65. The first-order valence-corrected chi connectivity index (χ1v) is 21.4. The van der Waals surface area contributed by atoms with Crippen LogP contribution in [-0.4, -0.2) is 0 Å². The molecule has 11 aromatic rings. The van der Waals surface area contributed by atoms with Crippen LogP contribution >= 0.6 is 0 Å². The van der Waals surface area contributed by atoms with Crippen molar-refractivity contribution in [3.05, 3.63) is 255 Å². The molecule has 1 heterocycles. The van der Waals surface area contributed by atoms with Crippen LogP contribution in [0, 0.1) is 0 Å². The average Bonchev–Trinajstić information content (AvgIpc) is 3.74. The molecule has 0 saturated carbocycles. The van der Waals surface area contributed by atoms with Gasteiger partial charge in [-0.2, -0.15) is 0 Å².